The quantitative estimate of drug-likeness (QED) is 0.382. The van der Waals surface area contributed by atoms with Crippen LogP contribution in [0.2, 0.25) is 0 Å². The summed E-state index contributed by atoms with van der Waals surface area (Å²) in [5.41, 5.74) is 3.05. The highest BCUT2D eigenvalue weighted by atomic mass is 19.1. The Kier molecular flexibility index (Phi) is 5.68. The molecule has 4 nitrogen and oxygen atoms in total. The molecule has 0 atom stereocenters. The van der Waals surface area contributed by atoms with E-state index in [4.69, 9.17) is 0 Å². The Morgan fingerprint density at radius 3 is 2.13 bits per heavy atom. The molecule has 1 saturated carbocycles. The van der Waals surface area contributed by atoms with Crippen molar-refractivity contribution in [3.63, 3.8) is 0 Å². The van der Waals surface area contributed by atoms with Gasteiger partial charge in [0.25, 0.3) is 11.8 Å². The molecule has 5 heteroatoms. The van der Waals surface area contributed by atoms with Crippen molar-refractivity contribution in [2.75, 3.05) is 0 Å². The third kappa shape index (κ3) is 4.13. The molecule has 2 aromatic carbocycles. The molecule has 0 bridgehead atoms. The van der Waals surface area contributed by atoms with Crippen molar-refractivity contribution in [2.24, 2.45) is 0 Å². The molecule has 1 heterocycles. The van der Waals surface area contributed by atoms with E-state index in [1.54, 1.807) is 19.1 Å². The maximum Gasteiger partial charge on any atom is 0.253 e. The fourth-order valence-corrected chi connectivity index (χ4v) is 4.51. The van der Waals surface area contributed by atoms with Crippen molar-refractivity contribution in [1.82, 2.24) is 4.90 Å². The predicted molar refractivity (Wildman–Crippen MR) is 117 cm³/mol. The molecule has 158 valence electrons. The molecule has 0 aromatic heterocycles. The lowest BCUT2D eigenvalue weighted by Crippen LogP contribution is -2.41. The molecule has 1 aliphatic heterocycles. The number of ketones is 1. The molecule has 0 N–H and O–H groups in total. The first-order chi connectivity index (χ1) is 14.8. The van der Waals surface area contributed by atoms with Crippen LogP contribution < -0.4 is 0 Å². The van der Waals surface area contributed by atoms with Gasteiger partial charge in [0.2, 0.25) is 0 Å². The van der Waals surface area contributed by atoms with E-state index in [1.807, 2.05) is 24.3 Å². The van der Waals surface area contributed by atoms with Gasteiger partial charge < -0.3 is 0 Å². The maximum atomic E-state index is 14.6. The highest BCUT2D eigenvalue weighted by Crippen LogP contribution is 2.36. The number of allylic oxidation sites excluding steroid dienone is 1. The van der Waals surface area contributed by atoms with Gasteiger partial charge in [0.05, 0.1) is 0 Å². The lowest BCUT2D eigenvalue weighted by atomic mass is 9.81. The Morgan fingerprint density at radius 2 is 1.58 bits per heavy atom. The Hall–Kier alpha value is -3.34. The summed E-state index contributed by atoms with van der Waals surface area (Å²) in [7, 11) is 0. The predicted octanol–water partition coefficient (Wildman–Crippen LogP) is 5.20. The van der Waals surface area contributed by atoms with E-state index < -0.39 is 5.82 Å². The molecule has 2 aromatic rings. The SMILES string of the molecule is C=C(C)C(=O)c1ccc(-c2ccc(C3CCC(N4C(=O)C=CC4=O)CC3)cc2)c(F)c1. The molecule has 1 fully saturated rings. The molecule has 1 aliphatic carbocycles. The first-order valence-electron chi connectivity index (χ1n) is 10.5. The first-order valence-corrected chi connectivity index (χ1v) is 10.5. The van der Waals surface area contributed by atoms with Crippen LogP contribution in [0.5, 0.6) is 0 Å². The lowest BCUT2D eigenvalue weighted by Gasteiger charge is -2.33. The van der Waals surface area contributed by atoms with Gasteiger partial charge in [-0.2, -0.15) is 0 Å². The zero-order valence-electron chi connectivity index (χ0n) is 17.4. The van der Waals surface area contributed by atoms with Crippen molar-refractivity contribution < 1.29 is 18.8 Å². The largest absolute Gasteiger partial charge is 0.289 e. The van der Waals surface area contributed by atoms with Crippen LogP contribution in [0.4, 0.5) is 4.39 Å². The monoisotopic (exact) mass is 417 g/mol. The van der Waals surface area contributed by atoms with Crippen LogP contribution in [0.15, 0.2) is 66.8 Å². The van der Waals surface area contributed by atoms with E-state index in [2.05, 4.69) is 6.58 Å². The molecule has 2 aliphatic rings. The number of nitrogens with zero attached hydrogens (tertiary/aromatic N) is 1. The summed E-state index contributed by atoms with van der Waals surface area (Å²) in [5, 5.41) is 0. The second kappa shape index (κ2) is 8.42. The van der Waals surface area contributed by atoms with Crippen molar-refractivity contribution >= 4 is 17.6 Å². The molecule has 31 heavy (non-hydrogen) atoms. The maximum absolute atomic E-state index is 14.6. The Morgan fingerprint density at radius 1 is 0.968 bits per heavy atom. The molecule has 0 saturated heterocycles. The first kappa shape index (κ1) is 20.9. The Labute approximate surface area is 181 Å². The molecule has 0 unspecified atom stereocenters. The number of Topliss-reactive ketones (excluding diaryl/α,β-unsaturated/α-hetero) is 1. The van der Waals surface area contributed by atoms with Gasteiger partial charge in [-0.05, 0) is 61.3 Å². The summed E-state index contributed by atoms with van der Waals surface area (Å²) in [6.45, 7) is 5.23. The highest BCUT2D eigenvalue weighted by Gasteiger charge is 2.34. The molecular formula is C26H24FNO3. The third-order valence-electron chi connectivity index (χ3n) is 6.22. The molecule has 0 spiro atoms. The lowest BCUT2D eigenvalue weighted by molar-refractivity contribution is -0.140. The van der Waals surface area contributed by atoms with Crippen LogP contribution in [0.25, 0.3) is 11.1 Å². The number of amides is 2. The van der Waals surface area contributed by atoms with Gasteiger partial charge in [-0.15, -0.1) is 0 Å². The summed E-state index contributed by atoms with van der Waals surface area (Å²) < 4.78 is 14.6. The van der Waals surface area contributed by atoms with Crippen molar-refractivity contribution in [2.45, 2.75) is 44.6 Å². The molecule has 0 radical (unpaired) electrons. The number of halogens is 1. The Bertz CT molecular complexity index is 1070. The number of rotatable bonds is 5. The molecular weight excluding hydrogens is 393 g/mol. The average Bonchev–Trinajstić information content (AvgIpc) is 3.11. The van der Waals surface area contributed by atoms with Crippen LogP contribution in [0.3, 0.4) is 0 Å². The highest BCUT2D eigenvalue weighted by molar-refractivity contribution is 6.13. The van der Waals surface area contributed by atoms with E-state index in [0.717, 1.165) is 31.2 Å². The van der Waals surface area contributed by atoms with Crippen molar-refractivity contribution in [3.8, 4) is 11.1 Å². The van der Waals surface area contributed by atoms with Gasteiger partial charge in [0.1, 0.15) is 5.82 Å². The van der Waals surface area contributed by atoms with Gasteiger partial charge >= 0.3 is 0 Å². The topological polar surface area (TPSA) is 54.5 Å². The zero-order valence-corrected chi connectivity index (χ0v) is 17.4. The smallest absolute Gasteiger partial charge is 0.253 e. The summed E-state index contributed by atoms with van der Waals surface area (Å²) in [6, 6.07) is 12.3. The Balaban J connectivity index is 1.43. The van der Waals surface area contributed by atoms with Crippen LogP contribution in [0, 0.1) is 5.82 Å². The average molecular weight is 417 g/mol. The minimum Gasteiger partial charge on any atom is -0.289 e. The zero-order chi connectivity index (χ0) is 22.1. The fraction of sp³-hybridized carbons (Fsp3) is 0.269. The minimum atomic E-state index is -0.436. The van der Waals surface area contributed by atoms with Crippen LogP contribution in [-0.2, 0) is 9.59 Å². The molecule has 4 rings (SSSR count). The minimum absolute atomic E-state index is 0.0277. The van der Waals surface area contributed by atoms with Crippen molar-refractivity contribution in [1.29, 1.82) is 0 Å². The van der Waals surface area contributed by atoms with Crippen LogP contribution in [0.1, 0.15) is 54.4 Å². The van der Waals surface area contributed by atoms with E-state index in [1.165, 1.54) is 28.7 Å². The standard InChI is InChI=1S/C26H24FNO3/c1-16(2)26(31)20-9-12-22(23(27)15-20)19-5-3-17(4-6-19)18-7-10-21(11-8-18)28-24(29)13-14-25(28)30/h3-6,9,12-15,18,21H,1,7-8,10-11H2,2H3. The number of benzene rings is 2. The second-order valence-corrected chi connectivity index (χ2v) is 8.31. The van der Waals surface area contributed by atoms with Crippen LogP contribution >= 0.6 is 0 Å². The summed E-state index contributed by atoms with van der Waals surface area (Å²) in [4.78, 5) is 37.2. The van der Waals surface area contributed by atoms with Gasteiger partial charge in [-0.25, -0.2) is 4.39 Å². The summed E-state index contributed by atoms with van der Waals surface area (Å²) in [5.74, 6) is -0.767. The van der Waals surface area contributed by atoms with Gasteiger partial charge in [-0.1, -0.05) is 43.0 Å². The number of hydrogen-bond acceptors (Lipinski definition) is 3. The van der Waals surface area contributed by atoms with Gasteiger partial charge in [0, 0.05) is 29.3 Å². The number of carbonyl (C=O) groups excluding carboxylic acids is 3. The van der Waals surface area contributed by atoms with Gasteiger partial charge in [0.15, 0.2) is 5.78 Å². The van der Waals surface area contributed by atoms with Crippen molar-refractivity contribution in [3.05, 3.63) is 83.7 Å². The number of imide groups is 1. The number of carbonyl (C=O) groups is 3. The summed E-state index contributed by atoms with van der Waals surface area (Å²) in [6.07, 6.45) is 6.05. The van der Waals surface area contributed by atoms with E-state index in [0.29, 0.717) is 22.6 Å². The molecule has 2 amide bonds. The van der Waals surface area contributed by atoms with Gasteiger partial charge in [-0.3, -0.25) is 19.3 Å². The van der Waals surface area contributed by atoms with E-state index in [9.17, 15) is 18.8 Å². The van der Waals surface area contributed by atoms with E-state index in [-0.39, 0.29) is 23.6 Å². The van der Waals surface area contributed by atoms with E-state index >= 15 is 0 Å². The fourth-order valence-electron chi connectivity index (χ4n) is 4.51. The van der Waals surface area contributed by atoms with Crippen LogP contribution in [-0.4, -0.2) is 28.5 Å². The number of hydrogen-bond donors (Lipinski definition) is 0. The third-order valence-corrected chi connectivity index (χ3v) is 6.22. The summed E-state index contributed by atoms with van der Waals surface area (Å²) >= 11 is 0. The normalized spacial score (nSPS) is 20.9. The second-order valence-electron chi connectivity index (χ2n) is 8.31.